The molecule has 0 aromatic carbocycles. The van der Waals surface area contributed by atoms with Gasteiger partial charge < -0.3 is 15.3 Å². The van der Waals surface area contributed by atoms with Crippen LogP contribution >= 0.6 is 0 Å². The van der Waals surface area contributed by atoms with Crippen LogP contribution in [0, 0.1) is 24.2 Å². The summed E-state index contributed by atoms with van der Waals surface area (Å²) in [6.07, 6.45) is 9.26. The molecule has 0 aromatic rings. The zero-order valence-electron chi connectivity index (χ0n) is 12.1. The highest BCUT2D eigenvalue weighted by Crippen LogP contribution is 2.28. The van der Waals surface area contributed by atoms with Crippen molar-refractivity contribution in [1.82, 2.24) is 10.2 Å². The molecule has 5 heteroatoms. The molecule has 0 spiro atoms. The third kappa shape index (κ3) is 5.12. The zero-order chi connectivity index (χ0) is 15.0. The number of hydrogen-bond acceptors (Lipinski definition) is 2. The minimum absolute atomic E-state index is 0.120. The molecule has 20 heavy (non-hydrogen) atoms. The minimum Gasteiger partial charge on any atom is -0.481 e. The van der Waals surface area contributed by atoms with Gasteiger partial charge in [0.2, 0.25) is 0 Å². The molecule has 0 aromatic heterocycles. The molecule has 2 amide bonds. The Balaban J connectivity index is 2.31. The Hall–Kier alpha value is -1.70. The van der Waals surface area contributed by atoms with Crippen molar-refractivity contribution in [3.8, 4) is 12.3 Å². The summed E-state index contributed by atoms with van der Waals surface area (Å²) >= 11 is 0. The molecule has 0 bridgehead atoms. The number of carbonyl (C=O) groups is 2. The molecule has 0 unspecified atom stereocenters. The van der Waals surface area contributed by atoms with Gasteiger partial charge in [0.05, 0.1) is 12.5 Å². The van der Waals surface area contributed by atoms with E-state index in [9.17, 15) is 9.59 Å². The average Bonchev–Trinajstić information content (AvgIpc) is 2.45. The van der Waals surface area contributed by atoms with Gasteiger partial charge in [-0.1, -0.05) is 12.8 Å². The fourth-order valence-electron chi connectivity index (χ4n) is 2.59. The van der Waals surface area contributed by atoms with Crippen molar-refractivity contribution >= 4 is 12.0 Å². The minimum atomic E-state index is -0.698. The van der Waals surface area contributed by atoms with E-state index in [0.717, 1.165) is 19.3 Å². The van der Waals surface area contributed by atoms with E-state index in [4.69, 9.17) is 11.5 Å². The first-order chi connectivity index (χ1) is 9.58. The van der Waals surface area contributed by atoms with Crippen LogP contribution in [0.25, 0.3) is 0 Å². The summed E-state index contributed by atoms with van der Waals surface area (Å²) in [7, 11) is 0. The second-order valence-corrected chi connectivity index (χ2v) is 5.37. The van der Waals surface area contributed by atoms with E-state index in [1.54, 1.807) is 4.90 Å². The fraction of sp³-hybridized carbons (Fsp3) is 0.733. The van der Waals surface area contributed by atoms with Gasteiger partial charge in [-0.2, -0.15) is 0 Å². The molecule has 0 heterocycles. The Labute approximate surface area is 120 Å². The van der Waals surface area contributed by atoms with Crippen LogP contribution in [0.4, 0.5) is 4.79 Å². The van der Waals surface area contributed by atoms with E-state index in [2.05, 4.69) is 11.2 Å². The lowest BCUT2D eigenvalue weighted by molar-refractivity contribution is -0.143. The van der Waals surface area contributed by atoms with Crippen LogP contribution in [0.1, 0.15) is 39.0 Å². The number of hydrogen-bond donors (Lipinski definition) is 2. The van der Waals surface area contributed by atoms with Gasteiger partial charge in [-0.15, -0.1) is 6.42 Å². The van der Waals surface area contributed by atoms with Crippen molar-refractivity contribution in [1.29, 1.82) is 0 Å². The van der Waals surface area contributed by atoms with Crippen LogP contribution in [-0.4, -0.2) is 41.6 Å². The maximum Gasteiger partial charge on any atom is 0.318 e. The van der Waals surface area contributed by atoms with E-state index in [1.807, 2.05) is 6.92 Å². The summed E-state index contributed by atoms with van der Waals surface area (Å²) in [4.78, 5) is 24.5. The van der Waals surface area contributed by atoms with Crippen LogP contribution < -0.4 is 5.32 Å². The van der Waals surface area contributed by atoms with Gasteiger partial charge in [0.25, 0.3) is 0 Å². The van der Waals surface area contributed by atoms with Crippen molar-refractivity contribution in [2.45, 2.75) is 39.0 Å². The molecule has 1 rings (SSSR count). The number of rotatable bonds is 6. The molecular formula is C15H24N2O3. The number of terminal acetylenes is 1. The Morgan fingerprint density at radius 1 is 1.35 bits per heavy atom. The van der Waals surface area contributed by atoms with Crippen molar-refractivity contribution in [3.05, 3.63) is 0 Å². The van der Waals surface area contributed by atoms with Gasteiger partial charge in [0, 0.05) is 13.1 Å². The molecule has 0 saturated heterocycles. The van der Waals surface area contributed by atoms with Crippen molar-refractivity contribution < 1.29 is 14.7 Å². The second kappa shape index (κ2) is 8.47. The van der Waals surface area contributed by atoms with E-state index < -0.39 is 5.97 Å². The fourth-order valence-corrected chi connectivity index (χ4v) is 2.59. The smallest absolute Gasteiger partial charge is 0.318 e. The first kappa shape index (κ1) is 16.4. The topological polar surface area (TPSA) is 69.6 Å². The predicted octanol–water partition coefficient (Wildman–Crippen LogP) is 1.93. The molecule has 2 N–H and O–H groups in total. The Morgan fingerprint density at radius 3 is 2.50 bits per heavy atom. The van der Waals surface area contributed by atoms with Crippen LogP contribution in [-0.2, 0) is 4.79 Å². The normalized spacial score (nSPS) is 21.8. The molecular weight excluding hydrogens is 256 g/mol. The third-order valence-electron chi connectivity index (χ3n) is 3.80. The summed E-state index contributed by atoms with van der Waals surface area (Å²) < 4.78 is 0. The molecule has 5 nitrogen and oxygen atoms in total. The maximum atomic E-state index is 12.0. The molecule has 0 radical (unpaired) electrons. The highest BCUT2D eigenvalue weighted by molar-refractivity contribution is 5.74. The van der Waals surface area contributed by atoms with Gasteiger partial charge in [-0.25, -0.2) is 4.79 Å². The summed E-state index contributed by atoms with van der Waals surface area (Å²) in [5.74, 6) is 1.96. The van der Waals surface area contributed by atoms with Crippen molar-refractivity contribution in [2.24, 2.45) is 11.8 Å². The number of carboxylic acid groups (broad SMARTS) is 1. The predicted molar refractivity (Wildman–Crippen MR) is 77.2 cm³/mol. The standard InChI is InChI=1S/C15H24N2O3/c1-3-9-17(10-4-2)15(20)16-11-12-5-7-13(8-6-12)14(18)19/h1,12-13H,4-11H2,2H3,(H,16,20)(H,18,19). The first-order valence-corrected chi connectivity index (χ1v) is 7.27. The third-order valence-corrected chi connectivity index (χ3v) is 3.80. The van der Waals surface area contributed by atoms with Crippen LogP contribution in [0.2, 0.25) is 0 Å². The maximum absolute atomic E-state index is 12.0. The molecule has 0 atom stereocenters. The van der Waals surface area contributed by atoms with Crippen LogP contribution in [0.3, 0.4) is 0 Å². The highest BCUT2D eigenvalue weighted by Gasteiger charge is 2.26. The Morgan fingerprint density at radius 2 is 2.00 bits per heavy atom. The molecule has 0 aliphatic heterocycles. The summed E-state index contributed by atoms with van der Waals surface area (Å²) in [5.41, 5.74) is 0. The number of urea groups is 1. The molecule has 1 saturated carbocycles. The number of aliphatic carboxylic acids is 1. The Bertz CT molecular complexity index is 368. The number of carboxylic acids is 1. The van der Waals surface area contributed by atoms with Gasteiger partial charge in [0.1, 0.15) is 0 Å². The van der Waals surface area contributed by atoms with Gasteiger partial charge >= 0.3 is 12.0 Å². The van der Waals surface area contributed by atoms with E-state index in [0.29, 0.717) is 38.4 Å². The molecule has 1 aliphatic carbocycles. The lowest BCUT2D eigenvalue weighted by Crippen LogP contribution is -2.43. The summed E-state index contributed by atoms with van der Waals surface area (Å²) in [6.45, 7) is 3.59. The first-order valence-electron chi connectivity index (χ1n) is 7.27. The van der Waals surface area contributed by atoms with Crippen LogP contribution in [0.15, 0.2) is 0 Å². The number of amides is 2. The summed E-state index contributed by atoms with van der Waals surface area (Å²) in [5, 5.41) is 11.8. The van der Waals surface area contributed by atoms with Gasteiger partial charge in [-0.05, 0) is 38.0 Å². The monoisotopic (exact) mass is 280 g/mol. The number of nitrogens with zero attached hydrogens (tertiary/aromatic N) is 1. The van der Waals surface area contributed by atoms with Crippen LogP contribution in [0.5, 0.6) is 0 Å². The molecule has 1 aliphatic rings. The van der Waals surface area contributed by atoms with Gasteiger partial charge in [-0.3, -0.25) is 4.79 Å². The lowest BCUT2D eigenvalue weighted by Gasteiger charge is -2.27. The quantitative estimate of drug-likeness (QED) is 0.730. The number of nitrogens with one attached hydrogen (secondary N) is 1. The van der Waals surface area contributed by atoms with E-state index >= 15 is 0 Å². The highest BCUT2D eigenvalue weighted by atomic mass is 16.4. The number of carbonyl (C=O) groups excluding carboxylic acids is 1. The van der Waals surface area contributed by atoms with E-state index in [-0.39, 0.29) is 11.9 Å². The van der Waals surface area contributed by atoms with E-state index in [1.165, 1.54) is 0 Å². The summed E-state index contributed by atoms with van der Waals surface area (Å²) in [6, 6.07) is -0.120. The molecule has 1 fully saturated rings. The largest absolute Gasteiger partial charge is 0.481 e. The lowest BCUT2D eigenvalue weighted by atomic mass is 9.82. The van der Waals surface area contributed by atoms with Crippen molar-refractivity contribution in [2.75, 3.05) is 19.6 Å². The second-order valence-electron chi connectivity index (χ2n) is 5.37. The molecule has 112 valence electrons. The van der Waals surface area contributed by atoms with Gasteiger partial charge in [0.15, 0.2) is 0 Å². The average molecular weight is 280 g/mol. The van der Waals surface area contributed by atoms with Crippen molar-refractivity contribution in [3.63, 3.8) is 0 Å². The SMILES string of the molecule is C#CCN(CCC)C(=O)NCC1CCC(C(=O)O)CC1. The Kier molecular flexibility index (Phi) is 6.92. The zero-order valence-corrected chi connectivity index (χ0v) is 12.1.